The van der Waals surface area contributed by atoms with Gasteiger partial charge in [0.15, 0.2) is 0 Å². The van der Waals surface area contributed by atoms with Gasteiger partial charge in [0.1, 0.15) is 11.4 Å². The fourth-order valence-corrected chi connectivity index (χ4v) is 5.91. The average molecular weight is 403 g/mol. The van der Waals surface area contributed by atoms with Crippen LogP contribution < -0.4 is 9.62 Å². The Bertz CT molecular complexity index is 1020. The lowest BCUT2D eigenvalue weighted by Crippen LogP contribution is -2.36. The minimum absolute atomic E-state index is 0.0237. The monoisotopic (exact) mass is 402 g/mol. The Labute approximate surface area is 165 Å². The molecule has 0 spiro atoms. The van der Waals surface area contributed by atoms with Gasteiger partial charge in [-0.1, -0.05) is 18.2 Å². The summed E-state index contributed by atoms with van der Waals surface area (Å²) in [5.74, 6) is 0.427. The van der Waals surface area contributed by atoms with Gasteiger partial charge in [0.25, 0.3) is 10.0 Å². The van der Waals surface area contributed by atoms with Crippen molar-refractivity contribution in [1.82, 2.24) is 15.1 Å². The highest BCUT2D eigenvalue weighted by molar-refractivity contribution is 7.93. The molecule has 7 nitrogen and oxygen atoms in total. The second-order valence-corrected chi connectivity index (χ2v) is 9.61. The van der Waals surface area contributed by atoms with E-state index in [9.17, 15) is 13.2 Å². The normalized spacial score (nSPS) is 17.5. The molecule has 1 fully saturated rings. The van der Waals surface area contributed by atoms with Gasteiger partial charge in [0.2, 0.25) is 5.91 Å². The van der Waals surface area contributed by atoms with Crippen LogP contribution in [0.4, 0.5) is 5.69 Å². The number of sulfonamides is 1. The van der Waals surface area contributed by atoms with Gasteiger partial charge in [-0.05, 0) is 57.6 Å². The van der Waals surface area contributed by atoms with Gasteiger partial charge in [-0.15, -0.1) is 0 Å². The number of benzene rings is 1. The molecule has 1 aliphatic heterocycles. The van der Waals surface area contributed by atoms with Crippen LogP contribution in [0.2, 0.25) is 0 Å². The zero-order chi connectivity index (χ0) is 20.1. The summed E-state index contributed by atoms with van der Waals surface area (Å²) >= 11 is 0. The molecule has 0 bridgehead atoms. The van der Waals surface area contributed by atoms with E-state index >= 15 is 0 Å². The highest BCUT2D eigenvalue weighted by atomic mass is 32.2. The molecule has 1 aromatic carbocycles. The standard InChI is InChI=1S/C20H26N4O3S/c1-13(16-8-9-16)21-19(25)12-23-15(3)20(14(2)22-23)28(26,27)24-11-10-17-6-4-5-7-18(17)24/h4-7,13,16H,8-12H2,1-3H3,(H,21,25). The first-order valence-electron chi connectivity index (χ1n) is 9.73. The molecule has 0 saturated heterocycles. The second kappa shape index (κ2) is 6.92. The van der Waals surface area contributed by atoms with Crippen LogP contribution in [0.15, 0.2) is 29.2 Å². The van der Waals surface area contributed by atoms with Crippen molar-refractivity contribution < 1.29 is 13.2 Å². The van der Waals surface area contributed by atoms with Crippen LogP contribution >= 0.6 is 0 Å². The van der Waals surface area contributed by atoms with E-state index in [1.807, 2.05) is 31.2 Å². The highest BCUT2D eigenvalue weighted by Gasteiger charge is 2.35. The predicted octanol–water partition coefficient (Wildman–Crippen LogP) is 2.17. The van der Waals surface area contributed by atoms with Gasteiger partial charge in [0.05, 0.1) is 17.1 Å². The van der Waals surface area contributed by atoms with Gasteiger partial charge < -0.3 is 5.32 Å². The first-order valence-corrected chi connectivity index (χ1v) is 11.2. The fourth-order valence-electron chi connectivity index (χ4n) is 4.03. The molecule has 8 heteroatoms. The number of anilines is 1. The summed E-state index contributed by atoms with van der Waals surface area (Å²) in [6.45, 7) is 5.86. The molecule has 1 aromatic heterocycles. The van der Waals surface area contributed by atoms with E-state index in [0.717, 1.165) is 24.1 Å². The smallest absolute Gasteiger partial charge is 0.268 e. The largest absolute Gasteiger partial charge is 0.352 e. The first-order chi connectivity index (χ1) is 13.3. The maximum absolute atomic E-state index is 13.4. The number of amides is 1. The van der Waals surface area contributed by atoms with Crippen molar-refractivity contribution >= 4 is 21.6 Å². The number of hydrogen-bond donors (Lipinski definition) is 1. The van der Waals surface area contributed by atoms with E-state index in [4.69, 9.17) is 0 Å². The van der Waals surface area contributed by atoms with Crippen molar-refractivity contribution in [3.05, 3.63) is 41.2 Å². The maximum atomic E-state index is 13.4. The summed E-state index contributed by atoms with van der Waals surface area (Å²) in [5, 5.41) is 7.36. The van der Waals surface area contributed by atoms with Gasteiger partial charge in [0, 0.05) is 12.6 Å². The summed E-state index contributed by atoms with van der Waals surface area (Å²) in [4.78, 5) is 12.6. The van der Waals surface area contributed by atoms with E-state index < -0.39 is 10.0 Å². The van der Waals surface area contributed by atoms with Crippen molar-refractivity contribution in [2.45, 2.75) is 57.5 Å². The molecule has 4 rings (SSSR count). The highest BCUT2D eigenvalue weighted by Crippen LogP contribution is 2.35. The van der Waals surface area contributed by atoms with E-state index in [1.165, 1.54) is 8.99 Å². The topological polar surface area (TPSA) is 84.3 Å². The summed E-state index contributed by atoms with van der Waals surface area (Å²) in [6.07, 6.45) is 3.01. The van der Waals surface area contributed by atoms with Crippen molar-refractivity contribution in [3.63, 3.8) is 0 Å². The third-order valence-corrected chi connectivity index (χ3v) is 7.79. The minimum Gasteiger partial charge on any atom is -0.352 e. The Morgan fingerprint density at radius 3 is 2.71 bits per heavy atom. The van der Waals surface area contributed by atoms with Crippen LogP contribution in [0.3, 0.4) is 0 Å². The number of aromatic nitrogens is 2. The number of nitrogens with zero attached hydrogens (tertiary/aromatic N) is 3. The number of carbonyl (C=O) groups is 1. The number of hydrogen-bond acceptors (Lipinski definition) is 4. The third kappa shape index (κ3) is 3.30. The first kappa shape index (κ1) is 19.0. The molecular formula is C20H26N4O3S. The molecule has 1 unspecified atom stereocenters. The molecular weight excluding hydrogens is 376 g/mol. The molecule has 2 aromatic rings. The fraction of sp³-hybridized carbons (Fsp3) is 0.500. The molecule has 1 saturated carbocycles. The Balaban J connectivity index is 1.59. The summed E-state index contributed by atoms with van der Waals surface area (Å²) < 4.78 is 29.7. The second-order valence-electron chi connectivity index (χ2n) is 7.81. The maximum Gasteiger partial charge on any atom is 0.268 e. The van der Waals surface area contributed by atoms with E-state index in [0.29, 0.717) is 30.3 Å². The number of nitrogens with one attached hydrogen (secondary N) is 1. The van der Waals surface area contributed by atoms with E-state index in [1.54, 1.807) is 13.8 Å². The van der Waals surface area contributed by atoms with Crippen LogP contribution in [0.5, 0.6) is 0 Å². The molecule has 2 heterocycles. The lowest BCUT2D eigenvalue weighted by atomic mass is 10.2. The average Bonchev–Trinajstić information content (AvgIpc) is 3.33. The quantitative estimate of drug-likeness (QED) is 0.803. The molecule has 1 amide bonds. The minimum atomic E-state index is -3.74. The van der Waals surface area contributed by atoms with Crippen molar-refractivity contribution in [2.24, 2.45) is 5.92 Å². The molecule has 28 heavy (non-hydrogen) atoms. The number of carbonyl (C=O) groups excluding carboxylic acids is 1. The number of fused-ring (bicyclic) bond motifs is 1. The van der Waals surface area contributed by atoms with Gasteiger partial charge >= 0.3 is 0 Å². The lowest BCUT2D eigenvalue weighted by molar-refractivity contribution is -0.122. The Kier molecular flexibility index (Phi) is 4.69. The van der Waals surface area contributed by atoms with Crippen LogP contribution in [-0.2, 0) is 27.8 Å². The molecule has 1 N–H and O–H groups in total. The van der Waals surface area contributed by atoms with E-state index in [-0.39, 0.29) is 23.4 Å². The molecule has 150 valence electrons. The number of para-hydroxylation sites is 1. The van der Waals surface area contributed by atoms with Crippen molar-refractivity contribution in [1.29, 1.82) is 0 Å². The van der Waals surface area contributed by atoms with Crippen molar-refractivity contribution in [2.75, 3.05) is 10.8 Å². The van der Waals surface area contributed by atoms with Gasteiger partial charge in [-0.2, -0.15) is 5.10 Å². The van der Waals surface area contributed by atoms with E-state index in [2.05, 4.69) is 10.4 Å². The molecule has 0 radical (unpaired) electrons. The van der Waals surface area contributed by atoms with Gasteiger partial charge in [-0.25, -0.2) is 8.42 Å². The van der Waals surface area contributed by atoms with Crippen LogP contribution in [-0.4, -0.2) is 36.7 Å². The van der Waals surface area contributed by atoms with Crippen LogP contribution in [0.1, 0.15) is 36.7 Å². The Morgan fingerprint density at radius 1 is 1.29 bits per heavy atom. The summed E-state index contributed by atoms with van der Waals surface area (Å²) in [6, 6.07) is 7.71. The molecule has 1 atom stereocenters. The van der Waals surface area contributed by atoms with Crippen LogP contribution in [0.25, 0.3) is 0 Å². The zero-order valence-corrected chi connectivity index (χ0v) is 17.3. The zero-order valence-electron chi connectivity index (χ0n) is 16.5. The van der Waals surface area contributed by atoms with Crippen LogP contribution in [0, 0.1) is 19.8 Å². The lowest BCUT2D eigenvalue weighted by Gasteiger charge is -2.20. The van der Waals surface area contributed by atoms with Gasteiger partial charge in [-0.3, -0.25) is 13.8 Å². The molecule has 1 aliphatic carbocycles. The number of rotatable bonds is 6. The number of aryl methyl sites for hydroxylation is 1. The Morgan fingerprint density at radius 2 is 2.00 bits per heavy atom. The third-order valence-electron chi connectivity index (χ3n) is 5.72. The summed E-state index contributed by atoms with van der Waals surface area (Å²) in [5.41, 5.74) is 2.67. The summed E-state index contributed by atoms with van der Waals surface area (Å²) in [7, 11) is -3.74. The van der Waals surface area contributed by atoms with Crippen molar-refractivity contribution in [3.8, 4) is 0 Å². The Hall–Kier alpha value is -2.35. The molecule has 2 aliphatic rings. The SMILES string of the molecule is Cc1nn(CC(=O)NC(C)C2CC2)c(C)c1S(=O)(=O)N1CCc2ccccc21. The predicted molar refractivity (Wildman–Crippen MR) is 107 cm³/mol.